The maximum absolute atomic E-state index is 12.7. The van der Waals surface area contributed by atoms with Gasteiger partial charge in [-0.1, -0.05) is 26.0 Å². The summed E-state index contributed by atoms with van der Waals surface area (Å²) < 4.78 is 27.1. The Morgan fingerprint density at radius 1 is 1.18 bits per heavy atom. The molecular formula is C17H28N2O2S. The maximum Gasteiger partial charge on any atom is 0.243 e. The Morgan fingerprint density at radius 3 is 2.27 bits per heavy atom. The Kier molecular flexibility index (Phi) is 6.01. The van der Waals surface area contributed by atoms with Gasteiger partial charge in [0.25, 0.3) is 0 Å². The molecule has 0 bridgehead atoms. The molecule has 1 saturated heterocycles. The van der Waals surface area contributed by atoms with E-state index in [0.717, 1.165) is 25.8 Å². The lowest BCUT2D eigenvalue weighted by molar-refractivity contribution is 0.263. The summed E-state index contributed by atoms with van der Waals surface area (Å²) in [7, 11) is -1.37. The van der Waals surface area contributed by atoms with Crippen molar-refractivity contribution in [1.82, 2.24) is 9.62 Å². The van der Waals surface area contributed by atoms with Crippen LogP contribution in [0.4, 0.5) is 0 Å². The van der Waals surface area contributed by atoms with Gasteiger partial charge in [0.15, 0.2) is 0 Å². The number of rotatable bonds is 6. The fraction of sp³-hybridized carbons (Fsp3) is 0.647. The predicted octanol–water partition coefficient (Wildman–Crippen LogP) is 2.82. The van der Waals surface area contributed by atoms with Gasteiger partial charge >= 0.3 is 0 Å². The van der Waals surface area contributed by atoms with E-state index in [9.17, 15) is 8.42 Å². The second-order valence-corrected chi connectivity index (χ2v) is 8.40. The van der Waals surface area contributed by atoms with Crippen molar-refractivity contribution in [3.63, 3.8) is 0 Å². The minimum atomic E-state index is -3.33. The highest BCUT2D eigenvalue weighted by Crippen LogP contribution is 2.26. The van der Waals surface area contributed by atoms with Crippen LogP contribution in [0.15, 0.2) is 29.2 Å². The van der Waals surface area contributed by atoms with E-state index in [2.05, 4.69) is 19.2 Å². The van der Waals surface area contributed by atoms with E-state index in [0.29, 0.717) is 29.8 Å². The van der Waals surface area contributed by atoms with Crippen LogP contribution >= 0.6 is 0 Å². The molecule has 1 N–H and O–H groups in total. The van der Waals surface area contributed by atoms with E-state index in [1.807, 2.05) is 19.2 Å². The van der Waals surface area contributed by atoms with Gasteiger partial charge in [0.1, 0.15) is 0 Å². The Labute approximate surface area is 135 Å². The number of sulfonamides is 1. The van der Waals surface area contributed by atoms with Gasteiger partial charge in [-0.15, -0.1) is 0 Å². The molecular weight excluding hydrogens is 296 g/mol. The zero-order chi connectivity index (χ0) is 16.2. The number of nitrogens with zero attached hydrogens (tertiary/aromatic N) is 1. The van der Waals surface area contributed by atoms with Crippen molar-refractivity contribution < 1.29 is 8.42 Å². The first-order valence-corrected chi connectivity index (χ1v) is 9.64. The third kappa shape index (κ3) is 4.09. The van der Waals surface area contributed by atoms with Crippen LogP contribution in [0.25, 0.3) is 0 Å². The molecule has 1 fully saturated rings. The Balaban J connectivity index is 2.02. The Bertz CT molecular complexity index is 559. The minimum absolute atomic E-state index is 0.416. The minimum Gasteiger partial charge on any atom is -0.320 e. The van der Waals surface area contributed by atoms with Crippen LogP contribution in [0.5, 0.6) is 0 Å². The molecule has 0 unspecified atom stereocenters. The summed E-state index contributed by atoms with van der Waals surface area (Å²) in [4.78, 5) is 0.422. The van der Waals surface area contributed by atoms with E-state index in [4.69, 9.17) is 0 Å². The number of nitrogens with one attached hydrogen (secondary N) is 1. The van der Waals surface area contributed by atoms with Crippen molar-refractivity contribution in [1.29, 1.82) is 0 Å². The molecule has 0 spiro atoms. The summed E-state index contributed by atoms with van der Waals surface area (Å²) in [6.07, 6.45) is 3.06. The number of hydrogen-bond acceptors (Lipinski definition) is 3. The van der Waals surface area contributed by atoms with Crippen LogP contribution in [-0.4, -0.2) is 39.4 Å². The number of benzene rings is 1. The highest BCUT2D eigenvalue weighted by atomic mass is 32.2. The van der Waals surface area contributed by atoms with Crippen molar-refractivity contribution in [2.75, 3.05) is 26.7 Å². The summed E-state index contributed by atoms with van der Waals surface area (Å²) in [5.41, 5.74) is 1.17. The van der Waals surface area contributed by atoms with Gasteiger partial charge in [-0.2, -0.15) is 4.31 Å². The normalized spacial score (nSPS) is 18.0. The lowest BCUT2D eigenvalue weighted by Crippen LogP contribution is -2.38. The fourth-order valence-electron chi connectivity index (χ4n) is 2.96. The fourth-order valence-corrected chi connectivity index (χ4v) is 4.43. The summed E-state index contributed by atoms with van der Waals surface area (Å²) in [5, 5.41) is 3.16. The first-order chi connectivity index (χ1) is 10.4. The summed E-state index contributed by atoms with van der Waals surface area (Å²) in [6, 6.07) is 7.35. The van der Waals surface area contributed by atoms with E-state index in [1.165, 1.54) is 5.56 Å². The first kappa shape index (κ1) is 17.4. The van der Waals surface area contributed by atoms with Gasteiger partial charge in [0.2, 0.25) is 10.0 Å². The molecule has 5 heteroatoms. The summed E-state index contributed by atoms with van der Waals surface area (Å²) >= 11 is 0. The predicted molar refractivity (Wildman–Crippen MR) is 90.6 cm³/mol. The molecule has 1 aromatic rings. The summed E-state index contributed by atoms with van der Waals surface area (Å²) in [6.45, 7) is 6.51. The highest BCUT2D eigenvalue weighted by molar-refractivity contribution is 7.89. The van der Waals surface area contributed by atoms with Gasteiger partial charge < -0.3 is 5.32 Å². The van der Waals surface area contributed by atoms with Gasteiger partial charge in [-0.25, -0.2) is 8.42 Å². The molecule has 1 heterocycles. The first-order valence-electron chi connectivity index (χ1n) is 8.20. The van der Waals surface area contributed by atoms with E-state index in [1.54, 1.807) is 16.4 Å². The number of hydrogen-bond donors (Lipinski definition) is 1. The molecule has 4 nitrogen and oxygen atoms in total. The summed E-state index contributed by atoms with van der Waals surface area (Å²) in [5.74, 6) is 1.06. The molecule has 0 amide bonds. The standard InChI is InChI=1S/C17H28N2O2S/c1-14(2)16-4-6-17(7-5-16)22(20,21)19-12-9-15(10-13-19)8-11-18-3/h4-7,14-15,18H,8-13H2,1-3H3. The monoisotopic (exact) mass is 324 g/mol. The molecule has 2 rings (SSSR count). The average molecular weight is 324 g/mol. The van der Waals surface area contributed by atoms with Crippen molar-refractivity contribution in [2.24, 2.45) is 5.92 Å². The van der Waals surface area contributed by atoms with Gasteiger partial charge in [-0.05, 0) is 62.4 Å². The van der Waals surface area contributed by atoms with Crippen LogP contribution in [0, 0.1) is 5.92 Å². The molecule has 0 atom stereocenters. The van der Waals surface area contributed by atoms with Crippen molar-refractivity contribution in [3.05, 3.63) is 29.8 Å². The third-order valence-electron chi connectivity index (χ3n) is 4.56. The molecule has 0 aliphatic carbocycles. The van der Waals surface area contributed by atoms with Gasteiger partial charge in [0, 0.05) is 13.1 Å². The molecule has 0 aromatic heterocycles. The van der Waals surface area contributed by atoms with E-state index < -0.39 is 10.0 Å². The van der Waals surface area contributed by atoms with E-state index in [-0.39, 0.29) is 0 Å². The van der Waals surface area contributed by atoms with Crippen LogP contribution in [-0.2, 0) is 10.0 Å². The second-order valence-electron chi connectivity index (χ2n) is 6.46. The largest absolute Gasteiger partial charge is 0.320 e. The zero-order valence-electron chi connectivity index (χ0n) is 13.9. The van der Waals surface area contributed by atoms with Crippen LogP contribution in [0.2, 0.25) is 0 Å². The topological polar surface area (TPSA) is 49.4 Å². The molecule has 1 aromatic carbocycles. The highest BCUT2D eigenvalue weighted by Gasteiger charge is 2.29. The lowest BCUT2D eigenvalue weighted by atomic mass is 9.95. The second kappa shape index (κ2) is 7.57. The van der Waals surface area contributed by atoms with Crippen molar-refractivity contribution in [2.45, 2.75) is 43.9 Å². The van der Waals surface area contributed by atoms with Gasteiger partial charge in [-0.3, -0.25) is 0 Å². The van der Waals surface area contributed by atoms with Crippen molar-refractivity contribution in [3.8, 4) is 0 Å². The molecule has 0 saturated carbocycles. The third-order valence-corrected chi connectivity index (χ3v) is 6.47. The lowest BCUT2D eigenvalue weighted by Gasteiger charge is -2.31. The Hall–Kier alpha value is -0.910. The number of piperidine rings is 1. The Morgan fingerprint density at radius 2 is 1.77 bits per heavy atom. The van der Waals surface area contributed by atoms with Crippen molar-refractivity contribution >= 4 is 10.0 Å². The molecule has 0 radical (unpaired) electrons. The molecule has 124 valence electrons. The van der Waals surface area contributed by atoms with Crippen LogP contribution < -0.4 is 5.32 Å². The maximum atomic E-state index is 12.7. The van der Waals surface area contributed by atoms with Gasteiger partial charge in [0.05, 0.1) is 4.90 Å². The SMILES string of the molecule is CNCCC1CCN(S(=O)(=O)c2ccc(C(C)C)cc2)CC1. The molecule has 1 aliphatic rings. The molecule has 1 aliphatic heterocycles. The van der Waals surface area contributed by atoms with E-state index >= 15 is 0 Å². The van der Waals surface area contributed by atoms with Crippen LogP contribution in [0.3, 0.4) is 0 Å². The van der Waals surface area contributed by atoms with Crippen LogP contribution in [0.1, 0.15) is 44.6 Å². The quantitative estimate of drug-likeness (QED) is 0.875. The zero-order valence-corrected chi connectivity index (χ0v) is 14.7. The average Bonchev–Trinajstić information content (AvgIpc) is 2.53. The smallest absolute Gasteiger partial charge is 0.243 e. The molecule has 22 heavy (non-hydrogen) atoms.